The van der Waals surface area contributed by atoms with E-state index in [2.05, 4.69) is 9.97 Å². The van der Waals surface area contributed by atoms with Crippen molar-refractivity contribution in [2.24, 2.45) is 0 Å². The van der Waals surface area contributed by atoms with Crippen molar-refractivity contribution in [1.82, 2.24) is 9.97 Å². The van der Waals surface area contributed by atoms with E-state index in [-0.39, 0.29) is 5.82 Å². The van der Waals surface area contributed by atoms with E-state index in [0.717, 1.165) is 6.92 Å². The van der Waals surface area contributed by atoms with Gasteiger partial charge in [-0.25, -0.2) is 18.7 Å². The third-order valence-electron chi connectivity index (χ3n) is 2.10. The summed E-state index contributed by atoms with van der Waals surface area (Å²) in [4.78, 5) is 6.97. The van der Waals surface area contributed by atoms with Crippen molar-refractivity contribution in [1.29, 1.82) is 0 Å². The first-order chi connectivity index (χ1) is 8.42. The fraction of sp³-hybridized carbons (Fsp3) is 0.111. The molecule has 2 aromatic rings. The van der Waals surface area contributed by atoms with Crippen LogP contribution in [0.5, 0.6) is 0 Å². The van der Waals surface area contributed by atoms with E-state index in [9.17, 15) is 17.2 Å². The lowest BCUT2D eigenvalue weighted by Crippen LogP contribution is -2.17. The number of nitrogens with zero attached hydrogens (tertiary/aromatic N) is 2. The molecule has 0 atom stereocenters. The Morgan fingerprint density at radius 1 is 1.33 bits per heavy atom. The molecule has 0 aromatic carbocycles. The molecule has 0 saturated carbocycles. The molecule has 1 N–H and O–H groups in total. The van der Waals surface area contributed by atoms with Crippen LogP contribution in [0.2, 0.25) is 0 Å². The number of pyridine rings is 1. The van der Waals surface area contributed by atoms with Crippen LogP contribution in [0.4, 0.5) is 14.6 Å². The second kappa shape index (κ2) is 4.58. The Morgan fingerprint density at radius 3 is 2.67 bits per heavy atom. The van der Waals surface area contributed by atoms with Crippen LogP contribution in [0, 0.1) is 18.6 Å². The summed E-state index contributed by atoms with van der Waals surface area (Å²) in [7, 11) is -4.21. The highest BCUT2D eigenvalue weighted by atomic mass is 32.2. The Balaban J connectivity index is 2.45. The van der Waals surface area contributed by atoms with E-state index in [0.29, 0.717) is 6.20 Å². The zero-order chi connectivity index (χ0) is 13.3. The molecular weight excluding hydrogens is 284 g/mol. The Kier molecular flexibility index (Phi) is 3.26. The van der Waals surface area contributed by atoms with Crippen molar-refractivity contribution in [3.8, 4) is 0 Å². The van der Waals surface area contributed by atoms with Gasteiger partial charge in [-0.2, -0.15) is 8.42 Å². The van der Waals surface area contributed by atoms with E-state index >= 15 is 0 Å². The van der Waals surface area contributed by atoms with Crippen molar-refractivity contribution in [3.05, 3.63) is 34.3 Å². The number of halogens is 2. The van der Waals surface area contributed by atoms with Crippen LogP contribution in [-0.2, 0) is 10.0 Å². The summed E-state index contributed by atoms with van der Waals surface area (Å²) in [6, 6.07) is 0. The third kappa shape index (κ3) is 2.31. The molecule has 9 heteroatoms. The maximum absolute atomic E-state index is 13.6. The largest absolute Gasteiger partial charge is 0.283 e. The van der Waals surface area contributed by atoms with Crippen molar-refractivity contribution in [2.75, 3.05) is 4.72 Å². The predicted molar refractivity (Wildman–Crippen MR) is 61.8 cm³/mol. The van der Waals surface area contributed by atoms with Crippen LogP contribution >= 0.6 is 11.3 Å². The van der Waals surface area contributed by atoms with E-state index in [4.69, 9.17) is 0 Å². The Hall–Kier alpha value is -1.61. The molecule has 0 saturated heterocycles. The topological polar surface area (TPSA) is 72.0 Å². The fourth-order valence-electron chi connectivity index (χ4n) is 1.17. The second-order valence-corrected chi connectivity index (χ2v) is 5.65. The molecule has 0 bridgehead atoms. The van der Waals surface area contributed by atoms with Crippen LogP contribution in [0.15, 0.2) is 22.1 Å². The molecule has 0 spiro atoms. The van der Waals surface area contributed by atoms with Gasteiger partial charge in [-0.05, 0) is 6.92 Å². The van der Waals surface area contributed by atoms with Gasteiger partial charge in [-0.1, -0.05) is 0 Å². The lowest BCUT2D eigenvalue weighted by atomic mass is 10.3. The quantitative estimate of drug-likeness (QED) is 0.938. The maximum atomic E-state index is 13.6. The SMILES string of the molecule is Cc1c(F)cnc(S(=O)(=O)Nc2cscn2)c1F. The molecule has 18 heavy (non-hydrogen) atoms. The zero-order valence-corrected chi connectivity index (χ0v) is 10.6. The van der Waals surface area contributed by atoms with Crippen LogP contribution in [0.25, 0.3) is 0 Å². The second-order valence-electron chi connectivity index (χ2n) is 3.33. The van der Waals surface area contributed by atoms with Gasteiger partial charge in [0.25, 0.3) is 10.0 Å². The smallest absolute Gasteiger partial charge is 0.261 e. The average Bonchev–Trinajstić information content (AvgIpc) is 2.77. The van der Waals surface area contributed by atoms with Crippen molar-refractivity contribution < 1.29 is 17.2 Å². The molecule has 0 unspecified atom stereocenters. The highest BCUT2D eigenvalue weighted by Crippen LogP contribution is 2.20. The van der Waals surface area contributed by atoms with Gasteiger partial charge in [0.2, 0.25) is 5.03 Å². The molecule has 0 aliphatic rings. The Morgan fingerprint density at radius 2 is 2.06 bits per heavy atom. The minimum Gasteiger partial charge on any atom is -0.261 e. The Bertz CT molecular complexity index is 671. The van der Waals surface area contributed by atoms with Crippen LogP contribution < -0.4 is 4.72 Å². The first-order valence-electron chi connectivity index (χ1n) is 4.63. The van der Waals surface area contributed by atoms with E-state index in [1.807, 2.05) is 4.72 Å². The highest BCUT2D eigenvalue weighted by Gasteiger charge is 2.24. The normalized spacial score (nSPS) is 11.5. The van der Waals surface area contributed by atoms with Crippen LogP contribution in [0.1, 0.15) is 5.56 Å². The first-order valence-corrected chi connectivity index (χ1v) is 7.06. The molecule has 2 heterocycles. The number of aromatic nitrogens is 2. The van der Waals surface area contributed by atoms with E-state index in [1.54, 1.807) is 0 Å². The summed E-state index contributed by atoms with van der Waals surface area (Å²) in [6.07, 6.45) is 0.661. The minimum absolute atomic E-state index is 0.0585. The number of hydrogen-bond acceptors (Lipinski definition) is 5. The molecule has 0 aliphatic heterocycles. The van der Waals surface area contributed by atoms with Gasteiger partial charge < -0.3 is 0 Å². The number of thiazole rings is 1. The molecule has 2 aromatic heterocycles. The highest BCUT2D eigenvalue weighted by molar-refractivity contribution is 7.92. The number of anilines is 1. The van der Waals surface area contributed by atoms with Gasteiger partial charge >= 0.3 is 0 Å². The summed E-state index contributed by atoms with van der Waals surface area (Å²) in [5, 5.41) is 0.584. The van der Waals surface area contributed by atoms with Crippen LogP contribution in [0.3, 0.4) is 0 Å². The van der Waals surface area contributed by atoms with Gasteiger partial charge in [0.05, 0.1) is 11.7 Å². The molecular formula is C9H7F2N3O2S2. The fourth-order valence-corrected chi connectivity index (χ4v) is 2.79. The summed E-state index contributed by atoms with van der Waals surface area (Å²) < 4.78 is 52.3. The van der Waals surface area contributed by atoms with Gasteiger partial charge in [0, 0.05) is 10.9 Å². The van der Waals surface area contributed by atoms with Crippen LogP contribution in [-0.4, -0.2) is 18.4 Å². The summed E-state index contributed by atoms with van der Waals surface area (Å²) in [5.74, 6) is -2.05. The number of rotatable bonds is 3. The van der Waals surface area contributed by atoms with Gasteiger partial charge in [0.15, 0.2) is 11.6 Å². The Labute approximate surface area is 106 Å². The van der Waals surface area contributed by atoms with Crippen molar-refractivity contribution >= 4 is 27.2 Å². The first kappa shape index (κ1) is 12.8. The lowest BCUT2D eigenvalue weighted by Gasteiger charge is -2.07. The van der Waals surface area contributed by atoms with E-state index in [1.165, 1.54) is 22.2 Å². The summed E-state index contributed by atoms with van der Waals surface area (Å²) >= 11 is 1.17. The molecule has 0 fully saturated rings. The van der Waals surface area contributed by atoms with Crippen molar-refractivity contribution in [3.63, 3.8) is 0 Å². The van der Waals surface area contributed by atoms with Gasteiger partial charge in [0.1, 0.15) is 5.82 Å². The van der Waals surface area contributed by atoms with E-state index < -0.39 is 32.2 Å². The number of sulfonamides is 1. The third-order valence-corrected chi connectivity index (χ3v) is 3.95. The molecule has 0 amide bonds. The number of nitrogens with one attached hydrogen (secondary N) is 1. The summed E-state index contributed by atoms with van der Waals surface area (Å²) in [5.41, 5.74) is 1.01. The standard InChI is InChI=1S/C9H7F2N3O2S2/c1-5-6(10)2-12-9(8(5)11)18(15,16)14-7-3-17-4-13-7/h2-4,14H,1H3. The molecule has 5 nitrogen and oxygen atoms in total. The molecule has 0 radical (unpaired) electrons. The molecule has 2 rings (SSSR count). The molecule has 0 aliphatic carbocycles. The number of hydrogen-bond donors (Lipinski definition) is 1. The predicted octanol–water partition coefficient (Wildman–Crippen LogP) is 1.93. The van der Waals surface area contributed by atoms with Gasteiger partial charge in [-0.15, -0.1) is 11.3 Å². The minimum atomic E-state index is -4.21. The molecule has 96 valence electrons. The van der Waals surface area contributed by atoms with Gasteiger partial charge in [-0.3, -0.25) is 4.72 Å². The van der Waals surface area contributed by atoms with Crippen molar-refractivity contribution in [2.45, 2.75) is 11.9 Å². The monoisotopic (exact) mass is 291 g/mol. The maximum Gasteiger partial charge on any atom is 0.283 e. The average molecular weight is 291 g/mol. The lowest BCUT2D eigenvalue weighted by molar-refractivity contribution is 0.521. The zero-order valence-electron chi connectivity index (χ0n) is 9.02. The summed E-state index contributed by atoms with van der Waals surface area (Å²) in [6.45, 7) is 1.13.